The standard InChI is InChI=1S/C11H14N2O3/c1-8(2)13(7-10(14)15)11(16)9-4-3-5-12-6-9/h3-6,8H,7H2,1-2H3,(H,14,15). The normalized spacial score (nSPS) is 10.2. The van der Waals surface area contributed by atoms with Crippen molar-refractivity contribution in [3.8, 4) is 0 Å². The number of carbonyl (C=O) groups is 2. The van der Waals surface area contributed by atoms with E-state index in [-0.39, 0.29) is 18.5 Å². The number of hydrogen-bond donors (Lipinski definition) is 1. The lowest BCUT2D eigenvalue weighted by Crippen LogP contribution is -2.40. The summed E-state index contributed by atoms with van der Waals surface area (Å²) in [4.78, 5) is 27.7. The summed E-state index contributed by atoms with van der Waals surface area (Å²) >= 11 is 0. The minimum atomic E-state index is -1.02. The highest BCUT2D eigenvalue weighted by molar-refractivity contribution is 5.95. The summed E-state index contributed by atoms with van der Waals surface area (Å²) in [7, 11) is 0. The molecule has 0 fully saturated rings. The van der Waals surface area contributed by atoms with Crippen LogP contribution < -0.4 is 0 Å². The van der Waals surface area contributed by atoms with Gasteiger partial charge in [0, 0.05) is 18.4 Å². The van der Waals surface area contributed by atoms with Crippen LogP contribution in [0.4, 0.5) is 0 Å². The molecule has 1 rings (SSSR count). The molecular weight excluding hydrogens is 208 g/mol. The van der Waals surface area contributed by atoms with Gasteiger partial charge in [-0.05, 0) is 26.0 Å². The molecule has 0 unspecified atom stereocenters. The van der Waals surface area contributed by atoms with E-state index >= 15 is 0 Å². The molecule has 0 bridgehead atoms. The van der Waals surface area contributed by atoms with Crippen molar-refractivity contribution in [2.24, 2.45) is 0 Å². The highest BCUT2D eigenvalue weighted by Gasteiger charge is 2.20. The molecule has 1 N–H and O–H groups in total. The van der Waals surface area contributed by atoms with Gasteiger partial charge in [0.05, 0.1) is 5.56 Å². The second kappa shape index (κ2) is 5.25. The van der Waals surface area contributed by atoms with Crippen molar-refractivity contribution in [2.45, 2.75) is 19.9 Å². The van der Waals surface area contributed by atoms with E-state index in [4.69, 9.17) is 5.11 Å². The molecule has 0 aliphatic rings. The first-order valence-electron chi connectivity index (χ1n) is 4.95. The zero-order valence-corrected chi connectivity index (χ0v) is 9.25. The van der Waals surface area contributed by atoms with E-state index in [2.05, 4.69) is 4.98 Å². The number of hydrogen-bond acceptors (Lipinski definition) is 3. The van der Waals surface area contributed by atoms with Gasteiger partial charge in [0.2, 0.25) is 0 Å². The summed E-state index contributed by atoms with van der Waals surface area (Å²) in [6, 6.07) is 3.10. The van der Waals surface area contributed by atoms with Crippen LogP contribution in [0.1, 0.15) is 24.2 Å². The molecule has 1 amide bonds. The van der Waals surface area contributed by atoms with Gasteiger partial charge in [-0.15, -0.1) is 0 Å². The molecule has 0 aromatic carbocycles. The molecule has 0 aliphatic carbocycles. The SMILES string of the molecule is CC(C)N(CC(=O)O)C(=O)c1cccnc1. The molecule has 0 aliphatic heterocycles. The van der Waals surface area contributed by atoms with Crippen LogP contribution in [-0.2, 0) is 4.79 Å². The fourth-order valence-corrected chi connectivity index (χ4v) is 1.29. The maximum atomic E-state index is 11.9. The van der Waals surface area contributed by atoms with E-state index in [9.17, 15) is 9.59 Å². The highest BCUT2D eigenvalue weighted by atomic mass is 16.4. The molecule has 0 atom stereocenters. The molecule has 0 radical (unpaired) electrons. The minimum absolute atomic E-state index is 0.163. The largest absolute Gasteiger partial charge is 0.480 e. The predicted molar refractivity (Wildman–Crippen MR) is 58.0 cm³/mol. The Hall–Kier alpha value is -1.91. The van der Waals surface area contributed by atoms with Crippen LogP contribution in [0, 0.1) is 0 Å². The number of aliphatic carboxylic acids is 1. The van der Waals surface area contributed by atoms with Crippen LogP contribution >= 0.6 is 0 Å². The molecule has 1 heterocycles. The molecule has 0 spiro atoms. The molecule has 5 nitrogen and oxygen atoms in total. The van der Waals surface area contributed by atoms with Gasteiger partial charge in [0.1, 0.15) is 6.54 Å². The van der Waals surface area contributed by atoms with Gasteiger partial charge in [-0.1, -0.05) is 0 Å². The van der Waals surface area contributed by atoms with Gasteiger partial charge in [-0.25, -0.2) is 0 Å². The first-order chi connectivity index (χ1) is 7.52. The average Bonchev–Trinajstić information content (AvgIpc) is 2.25. The van der Waals surface area contributed by atoms with E-state index in [1.54, 1.807) is 32.2 Å². The van der Waals surface area contributed by atoms with Crippen molar-refractivity contribution < 1.29 is 14.7 Å². The Morgan fingerprint density at radius 3 is 2.62 bits per heavy atom. The van der Waals surface area contributed by atoms with Crippen molar-refractivity contribution in [3.05, 3.63) is 30.1 Å². The number of aromatic nitrogens is 1. The van der Waals surface area contributed by atoms with Crippen LogP contribution in [0.2, 0.25) is 0 Å². The third-order valence-electron chi connectivity index (χ3n) is 2.10. The molecule has 16 heavy (non-hydrogen) atoms. The van der Waals surface area contributed by atoms with E-state index in [0.29, 0.717) is 5.56 Å². The topological polar surface area (TPSA) is 70.5 Å². The predicted octanol–water partition coefficient (Wildman–Crippen LogP) is 1.02. The number of nitrogens with zero attached hydrogens (tertiary/aromatic N) is 2. The summed E-state index contributed by atoms with van der Waals surface area (Å²) in [5, 5.41) is 8.72. The maximum absolute atomic E-state index is 11.9. The first kappa shape index (κ1) is 12.2. The molecule has 5 heteroatoms. The Kier molecular flexibility index (Phi) is 3.99. The van der Waals surface area contributed by atoms with Crippen molar-refractivity contribution in [3.63, 3.8) is 0 Å². The Morgan fingerprint density at radius 2 is 2.19 bits per heavy atom. The van der Waals surface area contributed by atoms with Crippen molar-refractivity contribution >= 4 is 11.9 Å². The van der Waals surface area contributed by atoms with Crippen LogP contribution in [0.3, 0.4) is 0 Å². The van der Waals surface area contributed by atoms with Gasteiger partial charge >= 0.3 is 5.97 Å². The second-order valence-electron chi connectivity index (χ2n) is 3.66. The quantitative estimate of drug-likeness (QED) is 0.825. The van der Waals surface area contributed by atoms with Gasteiger partial charge in [-0.3, -0.25) is 14.6 Å². The average molecular weight is 222 g/mol. The minimum Gasteiger partial charge on any atom is -0.480 e. The Labute approximate surface area is 93.7 Å². The number of pyridine rings is 1. The summed E-state index contributed by atoms with van der Waals surface area (Å²) < 4.78 is 0. The fraction of sp³-hybridized carbons (Fsp3) is 0.364. The van der Waals surface area contributed by atoms with Crippen molar-refractivity contribution in [1.29, 1.82) is 0 Å². The molecule has 0 saturated heterocycles. The lowest BCUT2D eigenvalue weighted by molar-refractivity contribution is -0.138. The number of carbonyl (C=O) groups excluding carboxylic acids is 1. The van der Waals surface area contributed by atoms with Crippen LogP contribution in [0.25, 0.3) is 0 Å². The lowest BCUT2D eigenvalue weighted by atomic mass is 10.2. The van der Waals surface area contributed by atoms with Crippen molar-refractivity contribution in [2.75, 3.05) is 6.54 Å². The smallest absolute Gasteiger partial charge is 0.323 e. The highest BCUT2D eigenvalue weighted by Crippen LogP contribution is 2.06. The fourth-order valence-electron chi connectivity index (χ4n) is 1.29. The van der Waals surface area contributed by atoms with Gasteiger partial charge in [0.15, 0.2) is 0 Å². The Bertz CT molecular complexity index is 376. The zero-order chi connectivity index (χ0) is 12.1. The van der Waals surface area contributed by atoms with Gasteiger partial charge in [0.25, 0.3) is 5.91 Å². The molecule has 0 saturated carbocycles. The first-order valence-corrected chi connectivity index (χ1v) is 4.95. The Balaban J connectivity index is 2.88. The van der Waals surface area contributed by atoms with Crippen molar-refractivity contribution in [1.82, 2.24) is 9.88 Å². The summed E-state index contributed by atoms with van der Waals surface area (Å²) in [6.45, 7) is 3.25. The maximum Gasteiger partial charge on any atom is 0.323 e. The van der Waals surface area contributed by atoms with E-state index in [1.807, 2.05) is 0 Å². The second-order valence-corrected chi connectivity index (χ2v) is 3.66. The zero-order valence-electron chi connectivity index (χ0n) is 9.25. The molecule has 1 aromatic heterocycles. The number of carboxylic acids is 1. The van der Waals surface area contributed by atoms with Gasteiger partial charge in [-0.2, -0.15) is 0 Å². The lowest BCUT2D eigenvalue weighted by Gasteiger charge is -2.24. The van der Waals surface area contributed by atoms with E-state index < -0.39 is 5.97 Å². The third kappa shape index (κ3) is 3.05. The third-order valence-corrected chi connectivity index (χ3v) is 2.10. The van der Waals surface area contributed by atoms with E-state index in [1.165, 1.54) is 11.1 Å². The monoisotopic (exact) mass is 222 g/mol. The number of amides is 1. The van der Waals surface area contributed by atoms with Crippen LogP contribution in [0.5, 0.6) is 0 Å². The number of carboxylic acid groups (broad SMARTS) is 1. The van der Waals surface area contributed by atoms with Crippen LogP contribution in [0.15, 0.2) is 24.5 Å². The summed E-state index contributed by atoms with van der Waals surface area (Å²) in [5.41, 5.74) is 0.400. The Morgan fingerprint density at radius 1 is 1.50 bits per heavy atom. The van der Waals surface area contributed by atoms with E-state index in [0.717, 1.165) is 0 Å². The molecule has 86 valence electrons. The molecular formula is C11H14N2O3. The van der Waals surface area contributed by atoms with Gasteiger partial charge < -0.3 is 10.0 Å². The van der Waals surface area contributed by atoms with Crippen LogP contribution in [-0.4, -0.2) is 39.5 Å². The molecule has 1 aromatic rings. The summed E-state index contributed by atoms with van der Waals surface area (Å²) in [6.07, 6.45) is 2.99. The number of rotatable bonds is 4. The summed E-state index contributed by atoms with van der Waals surface area (Å²) in [5.74, 6) is -1.34.